The lowest BCUT2D eigenvalue weighted by molar-refractivity contribution is 0.370. The SMILES string of the molecule is CC#CCOc1ccc2c(c1)CCC2NC. The summed E-state index contributed by atoms with van der Waals surface area (Å²) in [6.07, 6.45) is 2.32. The van der Waals surface area contributed by atoms with Gasteiger partial charge in [0.1, 0.15) is 12.4 Å². The average molecular weight is 215 g/mol. The maximum atomic E-state index is 5.55. The summed E-state index contributed by atoms with van der Waals surface area (Å²) in [4.78, 5) is 0. The molecule has 0 heterocycles. The molecule has 0 aromatic heterocycles. The molecule has 1 unspecified atom stereocenters. The molecular formula is C14H17NO. The maximum Gasteiger partial charge on any atom is 0.149 e. The third-order valence-electron chi connectivity index (χ3n) is 3.03. The van der Waals surface area contributed by atoms with Crippen LogP contribution in [0.15, 0.2) is 18.2 Å². The smallest absolute Gasteiger partial charge is 0.149 e. The van der Waals surface area contributed by atoms with Crippen LogP contribution in [0.5, 0.6) is 5.75 Å². The molecule has 0 radical (unpaired) electrons. The highest BCUT2D eigenvalue weighted by Gasteiger charge is 2.20. The van der Waals surface area contributed by atoms with Crippen molar-refractivity contribution in [3.63, 3.8) is 0 Å². The van der Waals surface area contributed by atoms with Gasteiger partial charge in [-0.3, -0.25) is 0 Å². The zero-order valence-electron chi connectivity index (χ0n) is 9.84. The highest BCUT2D eigenvalue weighted by molar-refractivity contribution is 5.40. The lowest BCUT2D eigenvalue weighted by Crippen LogP contribution is -2.12. The van der Waals surface area contributed by atoms with Crippen LogP contribution in [-0.4, -0.2) is 13.7 Å². The van der Waals surface area contributed by atoms with Crippen molar-refractivity contribution in [3.05, 3.63) is 29.3 Å². The molecule has 0 amide bonds. The quantitative estimate of drug-likeness (QED) is 0.781. The molecule has 0 saturated heterocycles. The Bertz CT molecular complexity index is 428. The molecule has 0 saturated carbocycles. The van der Waals surface area contributed by atoms with E-state index in [9.17, 15) is 0 Å². The predicted octanol–water partition coefficient (Wildman–Crippen LogP) is 2.30. The number of rotatable bonds is 3. The normalized spacial score (nSPS) is 17.5. The number of hydrogen-bond acceptors (Lipinski definition) is 2. The third-order valence-corrected chi connectivity index (χ3v) is 3.03. The van der Waals surface area contributed by atoms with Crippen molar-refractivity contribution in [3.8, 4) is 17.6 Å². The Kier molecular flexibility index (Phi) is 3.48. The van der Waals surface area contributed by atoms with Crippen LogP contribution >= 0.6 is 0 Å². The Morgan fingerprint density at radius 2 is 2.38 bits per heavy atom. The molecule has 1 aliphatic rings. The summed E-state index contributed by atoms with van der Waals surface area (Å²) in [7, 11) is 2.01. The second-order valence-corrected chi connectivity index (χ2v) is 3.96. The van der Waals surface area contributed by atoms with E-state index in [4.69, 9.17) is 4.74 Å². The van der Waals surface area contributed by atoms with Gasteiger partial charge in [-0.05, 0) is 50.1 Å². The van der Waals surface area contributed by atoms with Crippen LogP contribution in [0.3, 0.4) is 0 Å². The first kappa shape index (κ1) is 11.0. The maximum absolute atomic E-state index is 5.55. The zero-order chi connectivity index (χ0) is 11.4. The molecule has 16 heavy (non-hydrogen) atoms. The Hall–Kier alpha value is -1.46. The van der Waals surface area contributed by atoms with Crippen molar-refractivity contribution in [2.75, 3.05) is 13.7 Å². The molecule has 84 valence electrons. The van der Waals surface area contributed by atoms with Crippen LogP contribution < -0.4 is 10.1 Å². The summed E-state index contributed by atoms with van der Waals surface area (Å²) in [5, 5.41) is 3.33. The summed E-state index contributed by atoms with van der Waals surface area (Å²) in [5.41, 5.74) is 2.82. The largest absolute Gasteiger partial charge is 0.481 e. The van der Waals surface area contributed by atoms with Crippen molar-refractivity contribution < 1.29 is 4.74 Å². The van der Waals surface area contributed by atoms with Gasteiger partial charge in [0.05, 0.1) is 0 Å². The molecule has 0 fully saturated rings. The number of nitrogens with one attached hydrogen (secondary N) is 1. The second-order valence-electron chi connectivity index (χ2n) is 3.96. The van der Waals surface area contributed by atoms with Crippen molar-refractivity contribution >= 4 is 0 Å². The Labute approximate surface area is 97.0 Å². The van der Waals surface area contributed by atoms with Crippen LogP contribution in [0.25, 0.3) is 0 Å². The fourth-order valence-electron chi connectivity index (χ4n) is 2.18. The van der Waals surface area contributed by atoms with E-state index in [1.54, 1.807) is 0 Å². The molecule has 1 aromatic rings. The van der Waals surface area contributed by atoms with Gasteiger partial charge in [0.25, 0.3) is 0 Å². The Morgan fingerprint density at radius 3 is 3.12 bits per heavy atom. The van der Waals surface area contributed by atoms with Crippen LogP contribution in [0.4, 0.5) is 0 Å². The minimum Gasteiger partial charge on any atom is -0.481 e. The van der Waals surface area contributed by atoms with E-state index in [1.807, 2.05) is 20.0 Å². The summed E-state index contributed by atoms with van der Waals surface area (Å²) in [6, 6.07) is 6.85. The van der Waals surface area contributed by atoms with Gasteiger partial charge < -0.3 is 10.1 Å². The van der Waals surface area contributed by atoms with Crippen LogP contribution in [0.1, 0.15) is 30.5 Å². The lowest BCUT2D eigenvalue weighted by Gasteiger charge is -2.10. The van der Waals surface area contributed by atoms with Gasteiger partial charge in [-0.1, -0.05) is 12.0 Å². The monoisotopic (exact) mass is 215 g/mol. The molecule has 1 N–H and O–H groups in total. The molecule has 0 spiro atoms. The van der Waals surface area contributed by atoms with E-state index in [-0.39, 0.29) is 0 Å². The second kappa shape index (κ2) is 5.05. The number of aryl methyl sites for hydroxylation is 1. The van der Waals surface area contributed by atoms with Crippen LogP contribution in [0, 0.1) is 11.8 Å². The first-order chi connectivity index (χ1) is 7.85. The van der Waals surface area contributed by atoms with E-state index in [0.29, 0.717) is 12.6 Å². The van der Waals surface area contributed by atoms with Crippen molar-refractivity contribution in [1.82, 2.24) is 5.32 Å². The van der Waals surface area contributed by atoms with E-state index >= 15 is 0 Å². The van der Waals surface area contributed by atoms with Crippen molar-refractivity contribution in [2.45, 2.75) is 25.8 Å². The van der Waals surface area contributed by atoms with Crippen molar-refractivity contribution in [2.24, 2.45) is 0 Å². The number of fused-ring (bicyclic) bond motifs is 1. The van der Waals surface area contributed by atoms with E-state index < -0.39 is 0 Å². The standard InChI is InChI=1S/C14H17NO/c1-3-4-9-16-12-6-7-13-11(10-12)5-8-14(13)15-2/h6-7,10,14-15H,5,8-9H2,1-2H3. The fraction of sp³-hybridized carbons (Fsp3) is 0.429. The van der Waals surface area contributed by atoms with E-state index in [2.05, 4.69) is 29.3 Å². The molecule has 0 aliphatic heterocycles. The molecule has 1 atom stereocenters. The van der Waals surface area contributed by atoms with E-state index in [0.717, 1.165) is 12.2 Å². The first-order valence-electron chi connectivity index (χ1n) is 5.67. The third kappa shape index (κ3) is 2.20. The van der Waals surface area contributed by atoms with Gasteiger partial charge in [-0.25, -0.2) is 0 Å². The summed E-state index contributed by atoms with van der Waals surface area (Å²) in [6.45, 7) is 2.30. The molecule has 2 rings (SSSR count). The van der Waals surface area contributed by atoms with Gasteiger partial charge >= 0.3 is 0 Å². The molecular weight excluding hydrogens is 198 g/mol. The Morgan fingerprint density at radius 1 is 1.50 bits per heavy atom. The lowest BCUT2D eigenvalue weighted by atomic mass is 10.1. The predicted molar refractivity (Wildman–Crippen MR) is 65.5 cm³/mol. The van der Waals surface area contributed by atoms with Crippen LogP contribution in [0.2, 0.25) is 0 Å². The van der Waals surface area contributed by atoms with Crippen LogP contribution in [-0.2, 0) is 6.42 Å². The number of hydrogen-bond donors (Lipinski definition) is 1. The molecule has 2 heteroatoms. The van der Waals surface area contributed by atoms with E-state index in [1.165, 1.54) is 17.5 Å². The van der Waals surface area contributed by atoms with Gasteiger partial charge in [0.2, 0.25) is 0 Å². The van der Waals surface area contributed by atoms with Gasteiger partial charge in [0.15, 0.2) is 0 Å². The molecule has 2 nitrogen and oxygen atoms in total. The minimum absolute atomic E-state index is 0.477. The Balaban J connectivity index is 2.11. The minimum atomic E-state index is 0.477. The summed E-state index contributed by atoms with van der Waals surface area (Å²) >= 11 is 0. The topological polar surface area (TPSA) is 21.3 Å². The van der Waals surface area contributed by atoms with Crippen molar-refractivity contribution in [1.29, 1.82) is 0 Å². The molecule has 1 aromatic carbocycles. The molecule has 1 aliphatic carbocycles. The zero-order valence-corrected chi connectivity index (χ0v) is 9.84. The highest BCUT2D eigenvalue weighted by atomic mass is 16.5. The average Bonchev–Trinajstić information content (AvgIpc) is 2.71. The van der Waals surface area contributed by atoms with Gasteiger partial charge in [-0.2, -0.15) is 0 Å². The van der Waals surface area contributed by atoms with Gasteiger partial charge in [-0.15, -0.1) is 5.92 Å². The number of benzene rings is 1. The summed E-state index contributed by atoms with van der Waals surface area (Å²) < 4.78 is 5.55. The first-order valence-corrected chi connectivity index (χ1v) is 5.67. The molecule has 0 bridgehead atoms. The number of ether oxygens (including phenoxy) is 1. The van der Waals surface area contributed by atoms with Gasteiger partial charge in [0, 0.05) is 6.04 Å². The fourth-order valence-corrected chi connectivity index (χ4v) is 2.18. The summed E-state index contributed by atoms with van der Waals surface area (Å²) in [5.74, 6) is 6.65. The highest BCUT2D eigenvalue weighted by Crippen LogP contribution is 2.33.